The third-order valence-electron chi connectivity index (χ3n) is 2.37. The first-order valence-electron chi connectivity index (χ1n) is 5.11. The van der Waals surface area contributed by atoms with Crippen LogP contribution in [0.4, 0.5) is 0 Å². The zero-order valence-electron chi connectivity index (χ0n) is 10.1. The van der Waals surface area contributed by atoms with Gasteiger partial charge in [0.15, 0.2) is 9.84 Å². The maximum absolute atomic E-state index is 11.6. The first kappa shape index (κ1) is 14.0. The van der Waals surface area contributed by atoms with E-state index in [9.17, 15) is 13.5 Å². The molecule has 0 bridgehead atoms. The number of rotatable bonds is 5. The number of para-hydroxylation sites is 1. The van der Waals surface area contributed by atoms with Gasteiger partial charge in [-0.15, -0.1) is 0 Å². The van der Waals surface area contributed by atoms with Gasteiger partial charge in [0.05, 0.1) is 13.2 Å². The molecule has 1 atom stereocenters. The van der Waals surface area contributed by atoms with Gasteiger partial charge in [-0.25, -0.2) is 8.42 Å². The first-order chi connectivity index (χ1) is 7.91. The fourth-order valence-corrected chi connectivity index (χ4v) is 2.47. The van der Waals surface area contributed by atoms with Gasteiger partial charge in [0.1, 0.15) is 10.6 Å². The number of aliphatic hydroxyl groups excluding tert-OH is 1. The summed E-state index contributed by atoms with van der Waals surface area (Å²) in [6.45, 7) is 0.323. The van der Waals surface area contributed by atoms with Crippen LogP contribution in [0, 0.1) is 0 Å². The van der Waals surface area contributed by atoms with Crippen LogP contribution in [-0.2, 0) is 9.84 Å². The molecule has 17 heavy (non-hydrogen) atoms. The summed E-state index contributed by atoms with van der Waals surface area (Å²) in [7, 11) is -0.280. The third-order valence-corrected chi connectivity index (χ3v) is 3.49. The Morgan fingerprint density at radius 1 is 1.47 bits per heavy atom. The molecule has 6 heteroatoms. The Morgan fingerprint density at radius 3 is 2.59 bits per heavy atom. The van der Waals surface area contributed by atoms with Crippen molar-refractivity contribution in [3.8, 4) is 5.75 Å². The van der Waals surface area contributed by atoms with Gasteiger partial charge in [0.25, 0.3) is 0 Å². The number of likely N-dealkylation sites (N-methyl/N-ethyl adjacent to an activating group) is 1. The SMILES string of the molecule is CNCC(O)c1cccc(S(C)(=O)=O)c1OC. The predicted octanol–water partition coefficient (Wildman–Crippen LogP) is 0.352. The number of benzene rings is 1. The van der Waals surface area contributed by atoms with Gasteiger partial charge in [-0.2, -0.15) is 0 Å². The molecule has 1 unspecified atom stereocenters. The van der Waals surface area contributed by atoms with E-state index in [-0.39, 0.29) is 10.6 Å². The van der Waals surface area contributed by atoms with Gasteiger partial charge < -0.3 is 15.2 Å². The highest BCUT2D eigenvalue weighted by Gasteiger charge is 2.20. The lowest BCUT2D eigenvalue weighted by Gasteiger charge is -2.16. The van der Waals surface area contributed by atoms with Crippen LogP contribution in [0.2, 0.25) is 0 Å². The molecule has 0 saturated heterocycles. The number of hydrogen-bond acceptors (Lipinski definition) is 5. The molecule has 0 aliphatic rings. The van der Waals surface area contributed by atoms with E-state index in [2.05, 4.69) is 5.32 Å². The van der Waals surface area contributed by atoms with E-state index < -0.39 is 15.9 Å². The standard InChI is InChI=1S/C11H17NO4S/c1-12-7-9(13)8-5-4-6-10(11(8)16-2)17(3,14)15/h4-6,9,12-13H,7H2,1-3H3. The van der Waals surface area contributed by atoms with Crippen molar-refractivity contribution in [2.75, 3.05) is 27.0 Å². The summed E-state index contributed by atoms with van der Waals surface area (Å²) in [6.07, 6.45) is 0.302. The van der Waals surface area contributed by atoms with E-state index in [1.165, 1.54) is 13.2 Å². The van der Waals surface area contributed by atoms with Crippen molar-refractivity contribution in [3.05, 3.63) is 23.8 Å². The van der Waals surface area contributed by atoms with Crippen molar-refractivity contribution in [1.82, 2.24) is 5.32 Å². The molecule has 1 rings (SSSR count). The molecule has 0 heterocycles. The molecule has 1 aromatic rings. The summed E-state index contributed by atoms with van der Waals surface area (Å²) >= 11 is 0. The molecule has 0 radical (unpaired) electrons. The van der Waals surface area contributed by atoms with Crippen molar-refractivity contribution in [3.63, 3.8) is 0 Å². The van der Waals surface area contributed by atoms with E-state index in [1.807, 2.05) is 0 Å². The lowest BCUT2D eigenvalue weighted by Crippen LogP contribution is -2.18. The molecule has 5 nitrogen and oxygen atoms in total. The van der Waals surface area contributed by atoms with Gasteiger partial charge in [-0.3, -0.25) is 0 Å². The van der Waals surface area contributed by atoms with Gasteiger partial charge in [-0.05, 0) is 13.1 Å². The first-order valence-corrected chi connectivity index (χ1v) is 7.00. The summed E-state index contributed by atoms with van der Waals surface area (Å²) in [5.41, 5.74) is 0.463. The molecule has 2 N–H and O–H groups in total. The monoisotopic (exact) mass is 259 g/mol. The van der Waals surface area contributed by atoms with Gasteiger partial charge in [0.2, 0.25) is 0 Å². The minimum atomic E-state index is -3.37. The molecule has 0 aliphatic carbocycles. The quantitative estimate of drug-likeness (QED) is 0.798. The van der Waals surface area contributed by atoms with Crippen LogP contribution in [-0.4, -0.2) is 40.5 Å². The molecule has 0 spiro atoms. The second-order valence-electron chi connectivity index (χ2n) is 3.72. The molecular formula is C11H17NO4S. The predicted molar refractivity (Wildman–Crippen MR) is 65.0 cm³/mol. The molecule has 0 aromatic heterocycles. The van der Waals surface area contributed by atoms with Crippen molar-refractivity contribution >= 4 is 9.84 Å². The van der Waals surface area contributed by atoms with Crippen LogP contribution in [0.15, 0.2) is 23.1 Å². The minimum Gasteiger partial charge on any atom is -0.495 e. The zero-order chi connectivity index (χ0) is 13.1. The molecule has 1 aromatic carbocycles. The summed E-state index contributed by atoms with van der Waals surface area (Å²) in [4.78, 5) is 0.0904. The molecule has 0 saturated carbocycles. The normalized spacial score (nSPS) is 13.4. The number of nitrogens with one attached hydrogen (secondary N) is 1. The number of hydrogen-bond donors (Lipinski definition) is 2. The number of ether oxygens (including phenoxy) is 1. The van der Waals surface area contributed by atoms with Crippen molar-refractivity contribution in [1.29, 1.82) is 0 Å². The lowest BCUT2D eigenvalue weighted by molar-refractivity contribution is 0.173. The lowest BCUT2D eigenvalue weighted by atomic mass is 10.1. The van der Waals surface area contributed by atoms with E-state index in [0.717, 1.165) is 6.26 Å². The Hall–Kier alpha value is -1.11. The molecule has 0 amide bonds. The van der Waals surface area contributed by atoms with Gasteiger partial charge in [-0.1, -0.05) is 12.1 Å². The second kappa shape index (κ2) is 5.48. The fraction of sp³-hybridized carbons (Fsp3) is 0.455. The number of methoxy groups -OCH3 is 1. The Balaban J connectivity index is 3.33. The summed E-state index contributed by atoms with van der Waals surface area (Å²) in [6, 6.07) is 4.70. The Kier molecular flexibility index (Phi) is 4.50. The fourth-order valence-electron chi connectivity index (χ4n) is 1.61. The smallest absolute Gasteiger partial charge is 0.179 e. The van der Waals surface area contributed by atoms with Crippen LogP contribution < -0.4 is 10.1 Å². The van der Waals surface area contributed by atoms with Gasteiger partial charge >= 0.3 is 0 Å². The van der Waals surface area contributed by atoms with E-state index >= 15 is 0 Å². The van der Waals surface area contributed by atoms with E-state index in [0.29, 0.717) is 12.1 Å². The minimum absolute atomic E-state index is 0.0904. The summed E-state index contributed by atoms with van der Waals surface area (Å²) in [5.74, 6) is 0.206. The summed E-state index contributed by atoms with van der Waals surface area (Å²) in [5, 5.41) is 12.7. The maximum Gasteiger partial charge on any atom is 0.179 e. The highest BCUT2D eigenvalue weighted by Crippen LogP contribution is 2.31. The van der Waals surface area contributed by atoms with Crippen molar-refractivity contribution < 1.29 is 18.3 Å². The Bertz CT molecular complexity index is 484. The number of aliphatic hydroxyl groups is 1. The number of sulfone groups is 1. The third kappa shape index (κ3) is 3.18. The van der Waals surface area contributed by atoms with Crippen LogP contribution in [0.25, 0.3) is 0 Å². The van der Waals surface area contributed by atoms with Crippen LogP contribution >= 0.6 is 0 Å². The van der Waals surface area contributed by atoms with Crippen molar-refractivity contribution in [2.24, 2.45) is 0 Å². The Morgan fingerprint density at radius 2 is 2.12 bits per heavy atom. The maximum atomic E-state index is 11.6. The molecule has 0 fully saturated rings. The highest BCUT2D eigenvalue weighted by atomic mass is 32.2. The van der Waals surface area contributed by atoms with Gasteiger partial charge in [0, 0.05) is 18.4 Å². The largest absolute Gasteiger partial charge is 0.495 e. The highest BCUT2D eigenvalue weighted by molar-refractivity contribution is 7.90. The Labute approximate surface area is 101 Å². The molecular weight excluding hydrogens is 242 g/mol. The summed E-state index contributed by atoms with van der Waals surface area (Å²) < 4.78 is 28.2. The van der Waals surface area contributed by atoms with Crippen LogP contribution in [0.3, 0.4) is 0 Å². The average Bonchev–Trinajstić information content (AvgIpc) is 2.27. The van der Waals surface area contributed by atoms with Crippen molar-refractivity contribution in [2.45, 2.75) is 11.0 Å². The van der Waals surface area contributed by atoms with Crippen LogP contribution in [0.1, 0.15) is 11.7 Å². The molecule has 96 valence electrons. The van der Waals surface area contributed by atoms with Crippen LogP contribution in [0.5, 0.6) is 5.75 Å². The average molecular weight is 259 g/mol. The van der Waals surface area contributed by atoms with E-state index in [4.69, 9.17) is 4.74 Å². The topological polar surface area (TPSA) is 75.6 Å². The second-order valence-corrected chi connectivity index (χ2v) is 5.71. The van der Waals surface area contributed by atoms with E-state index in [1.54, 1.807) is 19.2 Å². The molecule has 0 aliphatic heterocycles. The zero-order valence-corrected chi connectivity index (χ0v) is 10.9.